The summed E-state index contributed by atoms with van der Waals surface area (Å²) in [5.74, 6) is 0.579. The van der Waals surface area contributed by atoms with Gasteiger partial charge in [-0.05, 0) is 46.0 Å². The number of carbonyl (C=O) groups excluding carboxylic acids is 1. The molecule has 0 radical (unpaired) electrons. The van der Waals surface area contributed by atoms with E-state index in [1.807, 2.05) is 25.7 Å². The molecule has 2 fully saturated rings. The molecule has 2 rings (SSSR count). The number of rotatable bonds is 1. The molecule has 1 saturated carbocycles. The van der Waals surface area contributed by atoms with Gasteiger partial charge in [0.25, 0.3) is 0 Å². The molecule has 0 aromatic heterocycles. The number of nitrogens with zero attached hydrogens (tertiary/aromatic N) is 1. The molecule has 0 aromatic carbocycles. The van der Waals surface area contributed by atoms with Gasteiger partial charge in [0.1, 0.15) is 5.60 Å². The van der Waals surface area contributed by atoms with Gasteiger partial charge in [-0.15, -0.1) is 0 Å². The second-order valence-electron chi connectivity index (χ2n) is 6.66. The first-order chi connectivity index (χ1) is 8.38. The minimum atomic E-state index is -0.427. The van der Waals surface area contributed by atoms with E-state index in [4.69, 9.17) is 10.5 Å². The largest absolute Gasteiger partial charge is 0.444 e. The third kappa shape index (κ3) is 2.97. The van der Waals surface area contributed by atoms with E-state index in [9.17, 15) is 4.79 Å². The Kier molecular flexibility index (Phi) is 3.85. The highest BCUT2D eigenvalue weighted by Gasteiger charge is 2.42. The molecule has 18 heavy (non-hydrogen) atoms. The number of likely N-dealkylation sites (tertiary alicyclic amines) is 1. The lowest BCUT2D eigenvalue weighted by Gasteiger charge is -2.33. The van der Waals surface area contributed by atoms with Crippen molar-refractivity contribution in [2.75, 3.05) is 6.54 Å². The van der Waals surface area contributed by atoms with Gasteiger partial charge in [0.15, 0.2) is 0 Å². The van der Waals surface area contributed by atoms with Crippen LogP contribution in [0.3, 0.4) is 0 Å². The smallest absolute Gasteiger partial charge is 0.410 e. The Morgan fingerprint density at radius 3 is 2.39 bits per heavy atom. The summed E-state index contributed by atoms with van der Waals surface area (Å²) in [6, 6.07) is 0.322. The van der Waals surface area contributed by atoms with Crippen LogP contribution >= 0.6 is 0 Å². The Hall–Kier alpha value is -0.770. The van der Waals surface area contributed by atoms with Crippen LogP contribution in [0.1, 0.15) is 52.9 Å². The van der Waals surface area contributed by atoms with E-state index in [2.05, 4.69) is 0 Å². The fraction of sp³-hybridized carbons (Fsp3) is 0.929. The Labute approximate surface area is 110 Å². The van der Waals surface area contributed by atoms with Crippen LogP contribution in [0.2, 0.25) is 0 Å². The molecule has 4 heteroatoms. The van der Waals surface area contributed by atoms with Crippen molar-refractivity contribution in [1.29, 1.82) is 0 Å². The van der Waals surface area contributed by atoms with E-state index < -0.39 is 5.60 Å². The minimum Gasteiger partial charge on any atom is -0.444 e. The van der Waals surface area contributed by atoms with Gasteiger partial charge in [-0.1, -0.05) is 12.8 Å². The van der Waals surface area contributed by atoms with Gasteiger partial charge >= 0.3 is 6.09 Å². The van der Waals surface area contributed by atoms with E-state index in [0.29, 0.717) is 5.92 Å². The first-order valence-electron chi connectivity index (χ1n) is 7.14. The van der Waals surface area contributed by atoms with Crippen LogP contribution in [0.5, 0.6) is 0 Å². The van der Waals surface area contributed by atoms with Gasteiger partial charge in [0, 0.05) is 12.6 Å². The van der Waals surface area contributed by atoms with Gasteiger partial charge < -0.3 is 15.4 Å². The van der Waals surface area contributed by atoms with Crippen molar-refractivity contribution in [2.24, 2.45) is 11.7 Å². The molecule has 1 aliphatic heterocycles. The lowest BCUT2D eigenvalue weighted by Crippen LogP contribution is -2.48. The highest BCUT2D eigenvalue weighted by atomic mass is 16.6. The van der Waals surface area contributed by atoms with E-state index in [-0.39, 0.29) is 18.2 Å². The van der Waals surface area contributed by atoms with Crippen molar-refractivity contribution in [2.45, 2.75) is 70.6 Å². The molecule has 2 atom stereocenters. The first kappa shape index (κ1) is 13.7. The maximum atomic E-state index is 12.2. The minimum absolute atomic E-state index is 0.126. The first-order valence-corrected chi connectivity index (χ1v) is 7.14. The van der Waals surface area contributed by atoms with Crippen LogP contribution in [0.25, 0.3) is 0 Å². The van der Waals surface area contributed by atoms with Crippen molar-refractivity contribution in [3.63, 3.8) is 0 Å². The van der Waals surface area contributed by atoms with Gasteiger partial charge in [0.2, 0.25) is 0 Å². The summed E-state index contributed by atoms with van der Waals surface area (Å²) in [7, 11) is 0. The van der Waals surface area contributed by atoms with Gasteiger partial charge in [-0.25, -0.2) is 4.79 Å². The summed E-state index contributed by atoms with van der Waals surface area (Å²) >= 11 is 0. The Bertz CT molecular complexity index is 305. The molecule has 0 spiro atoms. The third-order valence-electron chi connectivity index (χ3n) is 4.01. The van der Waals surface area contributed by atoms with Crippen molar-refractivity contribution < 1.29 is 9.53 Å². The van der Waals surface area contributed by atoms with E-state index in [1.165, 1.54) is 25.7 Å². The molecule has 2 unspecified atom stereocenters. The zero-order valence-electron chi connectivity index (χ0n) is 11.8. The molecule has 4 nitrogen and oxygen atoms in total. The maximum Gasteiger partial charge on any atom is 0.410 e. The Morgan fingerprint density at radius 1 is 1.22 bits per heavy atom. The highest BCUT2D eigenvalue weighted by molar-refractivity contribution is 5.69. The molecule has 2 aliphatic rings. The number of nitrogens with two attached hydrogens (primary N) is 1. The molecule has 0 aromatic rings. The number of carbonyl (C=O) groups is 1. The average molecular weight is 254 g/mol. The van der Waals surface area contributed by atoms with Crippen LogP contribution in [-0.2, 0) is 4.74 Å². The molecular weight excluding hydrogens is 228 g/mol. The molecule has 1 heterocycles. The summed E-state index contributed by atoms with van der Waals surface area (Å²) in [5, 5.41) is 0. The zero-order valence-corrected chi connectivity index (χ0v) is 11.8. The van der Waals surface area contributed by atoms with Crippen molar-refractivity contribution in [1.82, 2.24) is 4.90 Å². The van der Waals surface area contributed by atoms with E-state index >= 15 is 0 Å². The lowest BCUT2D eigenvalue weighted by molar-refractivity contribution is 0.0169. The summed E-state index contributed by atoms with van der Waals surface area (Å²) in [5.41, 5.74) is 5.77. The summed E-state index contributed by atoms with van der Waals surface area (Å²) in [6.45, 7) is 6.47. The second kappa shape index (κ2) is 5.08. The predicted molar refractivity (Wildman–Crippen MR) is 71.3 cm³/mol. The predicted octanol–water partition coefficient (Wildman–Crippen LogP) is 2.51. The second-order valence-corrected chi connectivity index (χ2v) is 6.66. The van der Waals surface area contributed by atoms with Crippen molar-refractivity contribution in [3.05, 3.63) is 0 Å². The monoisotopic (exact) mass is 254 g/mol. The summed E-state index contributed by atoms with van der Waals surface area (Å²) < 4.78 is 5.49. The van der Waals surface area contributed by atoms with E-state index in [1.54, 1.807) is 0 Å². The topological polar surface area (TPSA) is 55.6 Å². The number of ether oxygens (including phenoxy) is 1. The Morgan fingerprint density at radius 2 is 1.83 bits per heavy atom. The number of amides is 1. The lowest BCUT2D eigenvalue weighted by atomic mass is 9.93. The van der Waals surface area contributed by atoms with Crippen LogP contribution < -0.4 is 5.73 Å². The molecule has 1 aliphatic carbocycles. The zero-order chi connectivity index (χ0) is 13.3. The number of hydrogen-bond donors (Lipinski definition) is 1. The van der Waals surface area contributed by atoms with Crippen molar-refractivity contribution in [3.8, 4) is 0 Å². The summed E-state index contributed by atoms with van der Waals surface area (Å²) in [6.07, 6.45) is 5.68. The van der Waals surface area contributed by atoms with Gasteiger partial charge in [-0.2, -0.15) is 0 Å². The Balaban J connectivity index is 2.04. The number of hydrogen-bond acceptors (Lipinski definition) is 3. The van der Waals surface area contributed by atoms with Crippen molar-refractivity contribution >= 4 is 6.09 Å². The van der Waals surface area contributed by atoms with Crippen LogP contribution in [0.15, 0.2) is 0 Å². The highest BCUT2D eigenvalue weighted by Crippen LogP contribution is 2.35. The molecular formula is C14H26N2O2. The van der Waals surface area contributed by atoms with Crippen LogP contribution in [0, 0.1) is 5.92 Å². The quantitative estimate of drug-likeness (QED) is 0.782. The van der Waals surface area contributed by atoms with Crippen LogP contribution in [-0.4, -0.2) is 35.2 Å². The molecule has 2 N–H and O–H groups in total. The molecule has 1 saturated heterocycles. The van der Waals surface area contributed by atoms with Gasteiger partial charge in [-0.3, -0.25) is 0 Å². The molecule has 0 bridgehead atoms. The average Bonchev–Trinajstić information content (AvgIpc) is 2.82. The maximum absolute atomic E-state index is 12.2. The van der Waals surface area contributed by atoms with Gasteiger partial charge in [0.05, 0.1) is 6.04 Å². The van der Waals surface area contributed by atoms with Crippen LogP contribution in [0.4, 0.5) is 4.79 Å². The third-order valence-corrected chi connectivity index (χ3v) is 4.01. The fourth-order valence-corrected chi connectivity index (χ4v) is 3.28. The standard InChI is InChI=1S/C14H26N2O2/c1-14(2,3)18-13(17)16-9-8-11(15)12(16)10-6-4-5-7-10/h10-12H,4-9,15H2,1-3H3. The molecule has 1 amide bonds. The molecule has 104 valence electrons. The SMILES string of the molecule is CC(C)(C)OC(=O)N1CCC(N)C1C1CCCC1. The van der Waals surface area contributed by atoms with E-state index in [0.717, 1.165) is 13.0 Å². The summed E-state index contributed by atoms with van der Waals surface area (Å²) in [4.78, 5) is 14.1. The normalized spacial score (nSPS) is 29.9. The fourth-order valence-electron chi connectivity index (χ4n) is 3.28.